The van der Waals surface area contributed by atoms with Crippen molar-refractivity contribution >= 4 is 23.1 Å². The standard InChI is InChI=1S/C18H21N3O/c1-10(2)12-5-6-14-15(7-12)20-17-16(21-18(14)22)8-13(9-19-17)11(3)4/h5-11H,1-4H3,(H,19,20)(H,21,22). The second kappa shape index (κ2) is 5.44. The number of carbonyl (C=O) groups excluding carboxylic acids is 1. The number of nitrogens with zero attached hydrogens (tertiary/aromatic N) is 1. The highest BCUT2D eigenvalue weighted by Crippen LogP contribution is 2.33. The molecule has 3 rings (SSSR count). The van der Waals surface area contributed by atoms with Gasteiger partial charge in [0, 0.05) is 6.20 Å². The van der Waals surface area contributed by atoms with Crippen LogP contribution in [-0.4, -0.2) is 10.9 Å². The first-order chi connectivity index (χ1) is 10.5. The van der Waals surface area contributed by atoms with Crippen molar-refractivity contribution in [3.8, 4) is 0 Å². The lowest BCUT2D eigenvalue weighted by atomic mass is 10.00. The van der Waals surface area contributed by atoms with Gasteiger partial charge in [0.1, 0.15) is 0 Å². The Kier molecular flexibility index (Phi) is 3.61. The molecule has 0 spiro atoms. The van der Waals surface area contributed by atoms with Crippen LogP contribution in [0.3, 0.4) is 0 Å². The molecule has 4 heteroatoms. The highest BCUT2D eigenvalue weighted by molar-refractivity contribution is 6.11. The fraction of sp³-hybridized carbons (Fsp3) is 0.333. The van der Waals surface area contributed by atoms with E-state index in [-0.39, 0.29) is 5.91 Å². The van der Waals surface area contributed by atoms with Gasteiger partial charge in [-0.3, -0.25) is 4.79 Å². The molecule has 2 heterocycles. The summed E-state index contributed by atoms with van der Waals surface area (Å²) < 4.78 is 0. The summed E-state index contributed by atoms with van der Waals surface area (Å²) in [6.45, 7) is 8.50. The number of pyridine rings is 1. The molecule has 0 radical (unpaired) electrons. The van der Waals surface area contributed by atoms with Crippen LogP contribution < -0.4 is 10.6 Å². The van der Waals surface area contributed by atoms with Crippen LogP contribution in [0.4, 0.5) is 17.2 Å². The lowest BCUT2D eigenvalue weighted by Gasteiger charge is -2.12. The Morgan fingerprint density at radius 2 is 1.59 bits per heavy atom. The van der Waals surface area contributed by atoms with Crippen LogP contribution in [0.25, 0.3) is 0 Å². The molecule has 1 amide bonds. The van der Waals surface area contributed by atoms with E-state index in [9.17, 15) is 4.79 Å². The molecular weight excluding hydrogens is 274 g/mol. The molecule has 1 aliphatic rings. The minimum absolute atomic E-state index is 0.0979. The van der Waals surface area contributed by atoms with Crippen LogP contribution in [0.1, 0.15) is 61.0 Å². The van der Waals surface area contributed by atoms with Gasteiger partial charge in [-0.25, -0.2) is 4.98 Å². The second-order valence-corrected chi connectivity index (χ2v) is 6.36. The minimum atomic E-state index is -0.0979. The Labute approximate surface area is 131 Å². The number of nitrogens with one attached hydrogen (secondary N) is 2. The number of hydrogen-bond donors (Lipinski definition) is 2. The topological polar surface area (TPSA) is 54.0 Å². The van der Waals surface area contributed by atoms with Crippen molar-refractivity contribution < 1.29 is 4.79 Å². The van der Waals surface area contributed by atoms with Crippen molar-refractivity contribution in [2.45, 2.75) is 39.5 Å². The van der Waals surface area contributed by atoms with Gasteiger partial charge in [0.2, 0.25) is 0 Å². The lowest BCUT2D eigenvalue weighted by molar-refractivity contribution is 0.102. The quantitative estimate of drug-likeness (QED) is 0.848. The van der Waals surface area contributed by atoms with Gasteiger partial charge in [0.05, 0.1) is 16.9 Å². The zero-order valence-electron chi connectivity index (χ0n) is 13.4. The molecule has 0 unspecified atom stereocenters. The Morgan fingerprint density at radius 3 is 2.27 bits per heavy atom. The number of amides is 1. The third-order valence-electron chi connectivity index (χ3n) is 4.03. The molecule has 4 nitrogen and oxygen atoms in total. The first kappa shape index (κ1) is 14.6. The molecule has 1 aromatic carbocycles. The van der Waals surface area contributed by atoms with E-state index in [2.05, 4.69) is 43.3 Å². The number of hydrogen-bond acceptors (Lipinski definition) is 3. The summed E-state index contributed by atoms with van der Waals surface area (Å²) in [6.07, 6.45) is 1.86. The normalized spacial score (nSPS) is 13.3. The average Bonchev–Trinajstić information content (AvgIpc) is 2.61. The predicted molar refractivity (Wildman–Crippen MR) is 90.1 cm³/mol. The summed E-state index contributed by atoms with van der Waals surface area (Å²) in [5.74, 6) is 1.37. The van der Waals surface area contributed by atoms with Gasteiger partial charge in [-0.15, -0.1) is 0 Å². The number of benzene rings is 1. The largest absolute Gasteiger partial charge is 0.338 e. The summed E-state index contributed by atoms with van der Waals surface area (Å²) in [4.78, 5) is 16.9. The highest BCUT2D eigenvalue weighted by atomic mass is 16.1. The van der Waals surface area contributed by atoms with E-state index in [0.717, 1.165) is 16.9 Å². The van der Waals surface area contributed by atoms with Gasteiger partial charge in [0.25, 0.3) is 5.91 Å². The highest BCUT2D eigenvalue weighted by Gasteiger charge is 2.21. The Balaban J connectivity index is 2.07. The molecule has 0 bridgehead atoms. The fourth-order valence-electron chi connectivity index (χ4n) is 2.53. The average molecular weight is 295 g/mol. The number of fused-ring (bicyclic) bond motifs is 2. The van der Waals surface area contributed by atoms with E-state index in [1.54, 1.807) is 0 Å². The Morgan fingerprint density at radius 1 is 0.909 bits per heavy atom. The minimum Gasteiger partial charge on any atom is -0.338 e. The summed E-state index contributed by atoms with van der Waals surface area (Å²) in [5.41, 5.74) is 4.50. The fourth-order valence-corrected chi connectivity index (χ4v) is 2.53. The maximum absolute atomic E-state index is 12.5. The molecule has 1 aliphatic heterocycles. The molecular formula is C18H21N3O. The van der Waals surface area contributed by atoms with Crippen molar-refractivity contribution in [3.63, 3.8) is 0 Å². The number of carbonyl (C=O) groups is 1. The first-order valence-electron chi connectivity index (χ1n) is 7.68. The zero-order valence-corrected chi connectivity index (χ0v) is 13.4. The summed E-state index contributed by atoms with van der Waals surface area (Å²) >= 11 is 0. The van der Waals surface area contributed by atoms with Gasteiger partial charge in [-0.1, -0.05) is 33.8 Å². The Bertz CT molecular complexity index is 735. The number of aromatic nitrogens is 1. The van der Waals surface area contributed by atoms with E-state index >= 15 is 0 Å². The number of rotatable bonds is 2. The Hall–Kier alpha value is -2.36. The van der Waals surface area contributed by atoms with Crippen LogP contribution in [0, 0.1) is 0 Å². The molecule has 2 aromatic rings. The molecule has 22 heavy (non-hydrogen) atoms. The maximum Gasteiger partial charge on any atom is 0.257 e. The molecule has 0 aliphatic carbocycles. The molecule has 114 valence electrons. The first-order valence-corrected chi connectivity index (χ1v) is 7.68. The lowest BCUT2D eigenvalue weighted by Crippen LogP contribution is -2.11. The summed E-state index contributed by atoms with van der Waals surface area (Å²) in [5, 5.41) is 6.26. The molecule has 0 fully saturated rings. The van der Waals surface area contributed by atoms with Crippen molar-refractivity contribution in [3.05, 3.63) is 47.2 Å². The van der Waals surface area contributed by atoms with E-state index in [1.807, 2.05) is 30.5 Å². The monoisotopic (exact) mass is 295 g/mol. The van der Waals surface area contributed by atoms with E-state index in [0.29, 0.717) is 23.2 Å². The molecule has 2 N–H and O–H groups in total. The summed E-state index contributed by atoms with van der Waals surface area (Å²) in [6, 6.07) is 7.91. The number of anilines is 3. The SMILES string of the molecule is CC(C)c1ccc2c(c1)Nc1ncc(C(C)C)cc1NC2=O. The van der Waals surface area contributed by atoms with Crippen LogP contribution >= 0.6 is 0 Å². The van der Waals surface area contributed by atoms with Crippen LogP contribution in [-0.2, 0) is 0 Å². The van der Waals surface area contributed by atoms with Gasteiger partial charge in [0.15, 0.2) is 5.82 Å². The van der Waals surface area contributed by atoms with E-state index in [4.69, 9.17) is 0 Å². The van der Waals surface area contributed by atoms with Crippen LogP contribution in [0.2, 0.25) is 0 Å². The molecule has 0 saturated carbocycles. The van der Waals surface area contributed by atoms with Gasteiger partial charge >= 0.3 is 0 Å². The predicted octanol–water partition coefficient (Wildman–Crippen LogP) is 4.64. The third-order valence-corrected chi connectivity index (χ3v) is 4.03. The smallest absolute Gasteiger partial charge is 0.257 e. The van der Waals surface area contributed by atoms with Crippen LogP contribution in [0.15, 0.2) is 30.5 Å². The van der Waals surface area contributed by atoms with Gasteiger partial charge in [-0.05, 0) is 41.2 Å². The molecule has 1 aromatic heterocycles. The van der Waals surface area contributed by atoms with Crippen molar-refractivity contribution in [1.82, 2.24) is 4.98 Å². The van der Waals surface area contributed by atoms with Gasteiger partial charge < -0.3 is 10.6 Å². The van der Waals surface area contributed by atoms with E-state index in [1.165, 1.54) is 5.56 Å². The van der Waals surface area contributed by atoms with Crippen molar-refractivity contribution in [2.75, 3.05) is 10.6 Å². The van der Waals surface area contributed by atoms with Gasteiger partial charge in [-0.2, -0.15) is 0 Å². The second-order valence-electron chi connectivity index (χ2n) is 6.36. The van der Waals surface area contributed by atoms with Crippen LogP contribution in [0.5, 0.6) is 0 Å². The molecule has 0 atom stereocenters. The zero-order chi connectivity index (χ0) is 15.9. The van der Waals surface area contributed by atoms with E-state index < -0.39 is 0 Å². The summed E-state index contributed by atoms with van der Waals surface area (Å²) in [7, 11) is 0. The van der Waals surface area contributed by atoms with Crippen molar-refractivity contribution in [1.29, 1.82) is 0 Å². The molecule has 0 saturated heterocycles. The third kappa shape index (κ3) is 2.56. The van der Waals surface area contributed by atoms with Crippen molar-refractivity contribution in [2.24, 2.45) is 0 Å². The maximum atomic E-state index is 12.5.